The van der Waals surface area contributed by atoms with Crippen LogP contribution in [0.25, 0.3) is 0 Å². The first-order valence-electron chi connectivity index (χ1n) is 5.30. The number of carbonyl (C=O) groups is 1. The van der Waals surface area contributed by atoms with Crippen LogP contribution < -0.4 is 4.90 Å². The third-order valence-electron chi connectivity index (χ3n) is 2.42. The summed E-state index contributed by atoms with van der Waals surface area (Å²) >= 11 is 1.51. The molecule has 16 heavy (non-hydrogen) atoms. The molecule has 0 saturated carbocycles. The van der Waals surface area contributed by atoms with E-state index in [2.05, 4.69) is 4.99 Å². The molecule has 1 aliphatic rings. The summed E-state index contributed by atoms with van der Waals surface area (Å²) in [4.78, 5) is 17.9. The molecule has 2 rings (SSSR count). The summed E-state index contributed by atoms with van der Waals surface area (Å²) in [5.41, 5.74) is 2.05. The highest BCUT2D eigenvalue weighted by Gasteiger charge is 2.29. The number of aryl methyl sites for hydroxylation is 1. The summed E-state index contributed by atoms with van der Waals surface area (Å²) in [7, 11) is 0. The fraction of sp³-hybridized carbons (Fsp3) is 0.333. The molecule has 1 aliphatic heterocycles. The molecule has 1 amide bonds. The molecule has 0 aromatic heterocycles. The largest absolute Gasteiger partial charge is 0.273 e. The average molecular weight is 234 g/mol. The summed E-state index contributed by atoms with van der Waals surface area (Å²) in [5.74, 6) is 0.610. The molecule has 84 valence electrons. The van der Waals surface area contributed by atoms with Crippen molar-refractivity contribution in [2.75, 3.05) is 17.2 Å². The minimum Gasteiger partial charge on any atom is -0.273 e. The van der Waals surface area contributed by atoms with Crippen LogP contribution >= 0.6 is 11.8 Å². The maximum atomic E-state index is 11.8. The van der Waals surface area contributed by atoms with Gasteiger partial charge in [-0.3, -0.25) is 14.7 Å². The number of thioether (sulfide) groups is 1. The van der Waals surface area contributed by atoms with E-state index in [1.807, 2.05) is 38.1 Å². The van der Waals surface area contributed by atoms with Gasteiger partial charge in [0.2, 0.25) is 5.91 Å². The summed E-state index contributed by atoms with van der Waals surface area (Å²) in [6.07, 6.45) is 0. The summed E-state index contributed by atoms with van der Waals surface area (Å²) < 4.78 is 0. The van der Waals surface area contributed by atoms with Crippen molar-refractivity contribution in [2.45, 2.75) is 13.8 Å². The van der Waals surface area contributed by atoms with E-state index in [4.69, 9.17) is 0 Å². The molecule has 0 aliphatic carbocycles. The van der Waals surface area contributed by atoms with E-state index in [1.165, 1.54) is 11.8 Å². The van der Waals surface area contributed by atoms with Crippen LogP contribution in [0, 0.1) is 6.92 Å². The van der Waals surface area contributed by atoms with E-state index in [0.717, 1.165) is 16.4 Å². The molecule has 0 unspecified atom stereocenters. The van der Waals surface area contributed by atoms with Crippen molar-refractivity contribution >= 4 is 28.5 Å². The molecule has 3 nitrogen and oxygen atoms in total. The number of nitrogens with zero attached hydrogens (tertiary/aromatic N) is 2. The maximum absolute atomic E-state index is 11.8. The van der Waals surface area contributed by atoms with Crippen LogP contribution in [0.1, 0.15) is 12.5 Å². The Labute approximate surface area is 99.6 Å². The first-order valence-corrected chi connectivity index (χ1v) is 6.28. The van der Waals surface area contributed by atoms with E-state index in [1.54, 1.807) is 4.90 Å². The Bertz CT molecular complexity index is 442. The second kappa shape index (κ2) is 4.70. The number of hydrogen-bond donors (Lipinski definition) is 0. The number of amidine groups is 1. The van der Waals surface area contributed by atoms with Crippen LogP contribution in [0.5, 0.6) is 0 Å². The van der Waals surface area contributed by atoms with E-state index in [9.17, 15) is 4.79 Å². The molecule has 0 radical (unpaired) electrons. The molecule has 0 bridgehead atoms. The highest BCUT2D eigenvalue weighted by atomic mass is 32.2. The molecule has 1 aromatic carbocycles. The van der Waals surface area contributed by atoms with E-state index in [0.29, 0.717) is 12.3 Å². The molecule has 0 N–H and O–H groups in total. The monoisotopic (exact) mass is 234 g/mol. The third-order valence-corrected chi connectivity index (χ3v) is 3.38. The molecule has 1 saturated heterocycles. The standard InChI is InChI=1S/C12H14N2OS/c1-3-13-12-14(11(15)8-16-12)10-7-5-4-6-9(10)2/h4-7H,3,8H2,1-2H3/b13-12-. The number of para-hydroxylation sites is 1. The number of anilines is 1. The summed E-state index contributed by atoms with van der Waals surface area (Å²) in [6.45, 7) is 4.69. The zero-order valence-corrected chi connectivity index (χ0v) is 10.3. The predicted molar refractivity (Wildman–Crippen MR) is 69.1 cm³/mol. The smallest absolute Gasteiger partial charge is 0.243 e. The second-order valence-corrected chi connectivity index (χ2v) is 4.50. The van der Waals surface area contributed by atoms with Gasteiger partial charge in [0.05, 0.1) is 11.4 Å². The van der Waals surface area contributed by atoms with Gasteiger partial charge in [0, 0.05) is 6.54 Å². The molecule has 4 heteroatoms. The molecule has 0 atom stereocenters. The lowest BCUT2D eigenvalue weighted by atomic mass is 10.2. The van der Waals surface area contributed by atoms with Crippen molar-refractivity contribution in [1.82, 2.24) is 0 Å². The number of amides is 1. The minimum atomic E-state index is 0.117. The topological polar surface area (TPSA) is 32.7 Å². The van der Waals surface area contributed by atoms with Gasteiger partial charge >= 0.3 is 0 Å². The van der Waals surface area contributed by atoms with Gasteiger partial charge in [0.25, 0.3) is 0 Å². The van der Waals surface area contributed by atoms with Gasteiger partial charge in [0.15, 0.2) is 5.17 Å². The Hall–Kier alpha value is -1.29. The van der Waals surface area contributed by atoms with Gasteiger partial charge in [-0.25, -0.2) is 0 Å². The normalized spacial score (nSPS) is 18.5. The fourth-order valence-electron chi connectivity index (χ4n) is 1.67. The third kappa shape index (κ3) is 1.97. The lowest BCUT2D eigenvalue weighted by molar-refractivity contribution is -0.115. The highest BCUT2D eigenvalue weighted by Crippen LogP contribution is 2.28. The van der Waals surface area contributed by atoms with Crippen molar-refractivity contribution in [1.29, 1.82) is 0 Å². The Morgan fingerprint density at radius 2 is 2.19 bits per heavy atom. The Morgan fingerprint density at radius 3 is 2.88 bits per heavy atom. The SMILES string of the molecule is CC/N=C1\SCC(=O)N1c1ccccc1C. The zero-order chi connectivity index (χ0) is 11.5. The number of benzene rings is 1. The lowest BCUT2D eigenvalue weighted by Crippen LogP contribution is -2.29. The number of hydrogen-bond acceptors (Lipinski definition) is 3. The fourth-order valence-corrected chi connectivity index (χ4v) is 2.60. The van der Waals surface area contributed by atoms with Crippen molar-refractivity contribution in [3.63, 3.8) is 0 Å². The summed E-state index contributed by atoms with van der Waals surface area (Å²) in [5, 5.41) is 0.821. The van der Waals surface area contributed by atoms with Crippen LogP contribution in [0.3, 0.4) is 0 Å². The Kier molecular flexibility index (Phi) is 3.29. The van der Waals surface area contributed by atoms with Crippen LogP contribution in [0.4, 0.5) is 5.69 Å². The number of carbonyl (C=O) groups excluding carboxylic acids is 1. The predicted octanol–water partition coefficient (Wildman–Crippen LogP) is 2.45. The van der Waals surface area contributed by atoms with Crippen LogP contribution in [0.2, 0.25) is 0 Å². The molecule has 1 aromatic rings. The lowest BCUT2D eigenvalue weighted by Gasteiger charge is -2.18. The van der Waals surface area contributed by atoms with Crippen LogP contribution in [-0.4, -0.2) is 23.4 Å². The molecule has 0 spiro atoms. The van der Waals surface area contributed by atoms with E-state index >= 15 is 0 Å². The first-order chi connectivity index (χ1) is 7.74. The van der Waals surface area contributed by atoms with Crippen molar-refractivity contribution in [3.8, 4) is 0 Å². The van der Waals surface area contributed by atoms with Crippen molar-refractivity contribution in [2.24, 2.45) is 4.99 Å². The molecule has 1 heterocycles. The van der Waals surface area contributed by atoms with Crippen LogP contribution in [-0.2, 0) is 4.79 Å². The van der Waals surface area contributed by atoms with E-state index < -0.39 is 0 Å². The van der Waals surface area contributed by atoms with Gasteiger partial charge in [-0.2, -0.15) is 0 Å². The van der Waals surface area contributed by atoms with Crippen LogP contribution in [0.15, 0.2) is 29.3 Å². The van der Waals surface area contributed by atoms with Gasteiger partial charge in [-0.15, -0.1) is 0 Å². The van der Waals surface area contributed by atoms with Gasteiger partial charge in [0.1, 0.15) is 0 Å². The van der Waals surface area contributed by atoms with Gasteiger partial charge in [-0.05, 0) is 25.5 Å². The van der Waals surface area contributed by atoms with Crippen molar-refractivity contribution < 1.29 is 4.79 Å². The Morgan fingerprint density at radius 1 is 1.44 bits per heavy atom. The second-order valence-electron chi connectivity index (χ2n) is 3.56. The molecule has 1 fully saturated rings. The number of aliphatic imine (C=N–C) groups is 1. The van der Waals surface area contributed by atoms with Crippen molar-refractivity contribution in [3.05, 3.63) is 29.8 Å². The zero-order valence-electron chi connectivity index (χ0n) is 9.43. The van der Waals surface area contributed by atoms with Gasteiger partial charge in [-0.1, -0.05) is 30.0 Å². The van der Waals surface area contributed by atoms with E-state index in [-0.39, 0.29) is 5.91 Å². The van der Waals surface area contributed by atoms with Gasteiger partial charge < -0.3 is 0 Å². The number of rotatable bonds is 2. The maximum Gasteiger partial charge on any atom is 0.243 e. The molecular formula is C12H14N2OS. The Balaban J connectivity index is 2.42. The first kappa shape index (κ1) is 11.2. The minimum absolute atomic E-state index is 0.117. The summed E-state index contributed by atoms with van der Waals surface area (Å²) in [6, 6.07) is 7.89. The average Bonchev–Trinajstić information content (AvgIpc) is 2.62. The highest BCUT2D eigenvalue weighted by molar-refractivity contribution is 8.15. The quantitative estimate of drug-likeness (QED) is 0.787. The molecular weight excluding hydrogens is 220 g/mol.